The summed E-state index contributed by atoms with van der Waals surface area (Å²) >= 11 is 0. The van der Waals surface area contributed by atoms with Crippen LogP contribution in [0.5, 0.6) is 5.75 Å². The van der Waals surface area contributed by atoms with E-state index in [1.807, 2.05) is 0 Å². The van der Waals surface area contributed by atoms with E-state index < -0.39 is 0 Å². The monoisotopic (exact) mass is 443 g/mol. The first kappa shape index (κ1) is 25.0. The molecule has 1 heterocycles. The number of pyridine rings is 1. The number of hydrogen-bond donors (Lipinski definition) is 0. The van der Waals surface area contributed by atoms with E-state index in [1.54, 1.807) is 0 Å². The molecule has 2 nitrogen and oxygen atoms in total. The average molecular weight is 444 g/mol. The van der Waals surface area contributed by atoms with E-state index in [9.17, 15) is 0 Å². The van der Waals surface area contributed by atoms with Crippen LogP contribution in [-0.2, 0) is 19.3 Å². The lowest BCUT2D eigenvalue weighted by atomic mass is 10.0. The van der Waals surface area contributed by atoms with Crippen LogP contribution in [0.1, 0.15) is 82.0 Å². The maximum absolute atomic E-state index is 5.87. The molecule has 0 N–H and O–H groups in total. The minimum Gasteiger partial charge on any atom is -0.494 e. The number of benzene rings is 2. The van der Waals surface area contributed by atoms with Gasteiger partial charge in [-0.05, 0) is 72.6 Å². The lowest BCUT2D eigenvalue weighted by Gasteiger charge is -2.08. The normalized spacial score (nSPS) is 11.0. The van der Waals surface area contributed by atoms with E-state index >= 15 is 0 Å². The van der Waals surface area contributed by atoms with Gasteiger partial charge in [-0.1, -0.05) is 94.8 Å². The van der Waals surface area contributed by atoms with Crippen molar-refractivity contribution in [3.05, 3.63) is 83.7 Å². The number of rotatable bonds is 15. The molecule has 0 radical (unpaired) electrons. The fourth-order valence-electron chi connectivity index (χ4n) is 4.11. The molecule has 0 amide bonds. The van der Waals surface area contributed by atoms with Gasteiger partial charge in [0.15, 0.2) is 0 Å². The molecule has 0 bridgehead atoms. The minimum absolute atomic E-state index is 0.810. The molecule has 176 valence electrons. The van der Waals surface area contributed by atoms with Crippen LogP contribution in [0.3, 0.4) is 0 Å². The Morgan fingerprint density at radius 2 is 1.21 bits per heavy atom. The maximum atomic E-state index is 5.87. The van der Waals surface area contributed by atoms with Crippen molar-refractivity contribution in [3.63, 3.8) is 0 Å². The Morgan fingerprint density at radius 3 is 1.85 bits per heavy atom. The highest BCUT2D eigenvalue weighted by atomic mass is 16.5. The number of aromatic nitrogens is 1. The molecule has 33 heavy (non-hydrogen) atoms. The van der Waals surface area contributed by atoms with Gasteiger partial charge in [0.05, 0.1) is 6.61 Å². The van der Waals surface area contributed by atoms with E-state index in [4.69, 9.17) is 4.74 Å². The Hall–Kier alpha value is -2.61. The summed E-state index contributed by atoms with van der Waals surface area (Å²) in [6, 6.07) is 21.9. The smallest absolute Gasteiger partial charge is 0.119 e. The van der Waals surface area contributed by atoms with Gasteiger partial charge < -0.3 is 4.74 Å². The highest BCUT2D eigenvalue weighted by molar-refractivity contribution is 5.64. The standard InChI is InChI=1S/C31H41NO/c1-3-5-7-9-11-27-15-21-30(32-25-27)20-14-26-12-16-28(17-13-26)29-18-22-31(23-19-29)33-24-10-8-6-4-2/h12-13,15-19,21-23,25H,3-11,14,20,24H2,1-2H3. The first-order valence-corrected chi connectivity index (χ1v) is 13.0. The molecule has 0 fully saturated rings. The molecule has 0 saturated carbocycles. The van der Waals surface area contributed by atoms with Gasteiger partial charge in [-0.25, -0.2) is 0 Å². The first-order chi connectivity index (χ1) is 16.3. The zero-order valence-electron chi connectivity index (χ0n) is 20.7. The lowest BCUT2D eigenvalue weighted by molar-refractivity contribution is 0.305. The van der Waals surface area contributed by atoms with Crippen LogP contribution < -0.4 is 4.74 Å². The second-order valence-electron chi connectivity index (χ2n) is 9.10. The topological polar surface area (TPSA) is 22.1 Å². The fourth-order valence-corrected chi connectivity index (χ4v) is 4.11. The number of unbranched alkanes of at least 4 members (excludes halogenated alkanes) is 6. The molecule has 2 aromatic carbocycles. The summed E-state index contributed by atoms with van der Waals surface area (Å²) in [7, 11) is 0. The van der Waals surface area contributed by atoms with Crippen LogP contribution in [0, 0.1) is 0 Å². The molecule has 0 saturated heterocycles. The summed E-state index contributed by atoms with van der Waals surface area (Å²) in [5.74, 6) is 0.964. The summed E-state index contributed by atoms with van der Waals surface area (Å²) in [6.07, 6.45) is 15.4. The van der Waals surface area contributed by atoms with Crippen molar-refractivity contribution in [2.75, 3.05) is 6.61 Å². The largest absolute Gasteiger partial charge is 0.494 e. The van der Waals surface area contributed by atoms with E-state index in [0.717, 1.165) is 38.0 Å². The zero-order chi connectivity index (χ0) is 23.1. The molecule has 0 aliphatic heterocycles. The van der Waals surface area contributed by atoms with Gasteiger partial charge in [-0.15, -0.1) is 0 Å². The van der Waals surface area contributed by atoms with E-state index in [0.29, 0.717) is 0 Å². The molecule has 0 unspecified atom stereocenters. The molecular formula is C31H41NO. The summed E-state index contributed by atoms with van der Waals surface area (Å²) in [4.78, 5) is 4.69. The molecule has 2 heteroatoms. The number of nitrogens with zero attached hydrogens (tertiary/aromatic N) is 1. The second kappa shape index (κ2) is 14.5. The van der Waals surface area contributed by atoms with Crippen molar-refractivity contribution in [3.8, 4) is 16.9 Å². The van der Waals surface area contributed by atoms with Crippen LogP contribution in [0.15, 0.2) is 66.9 Å². The van der Waals surface area contributed by atoms with Crippen molar-refractivity contribution in [1.82, 2.24) is 4.98 Å². The quantitative estimate of drug-likeness (QED) is 0.219. The third-order valence-electron chi connectivity index (χ3n) is 6.28. The Bertz CT molecular complexity index is 897. The van der Waals surface area contributed by atoms with Gasteiger partial charge in [0.2, 0.25) is 0 Å². The van der Waals surface area contributed by atoms with Gasteiger partial charge in [-0.3, -0.25) is 4.98 Å². The average Bonchev–Trinajstić information content (AvgIpc) is 2.87. The Kier molecular flexibility index (Phi) is 11.0. The Balaban J connectivity index is 1.43. The fraction of sp³-hybridized carbons (Fsp3) is 0.452. The van der Waals surface area contributed by atoms with Crippen LogP contribution in [0.2, 0.25) is 0 Å². The molecular weight excluding hydrogens is 402 g/mol. The van der Waals surface area contributed by atoms with Crippen LogP contribution in [0.25, 0.3) is 11.1 Å². The third-order valence-corrected chi connectivity index (χ3v) is 6.28. The Morgan fingerprint density at radius 1 is 0.576 bits per heavy atom. The van der Waals surface area contributed by atoms with Crippen molar-refractivity contribution in [2.45, 2.75) is 84.5 Å². The Labute approximate surface area is 201 Å². The van der Waals surface area contributed by atoms with Crippen molar-refractivity contribution >= 4 is 0 Å². The summed E-state index contributed by atoms with van der Waals surface area (Å²) in [5.41, 5.74) is 6.39. The van der Waals surface area contributed by atoms with Gasteiger partial charge in [0, 0.05) is 11.9 Å². The van der Waals surface area contributed by atoms with Crippen LogP contribution >= 0.6 is 0 Å². The molecule has 0 spiro atoms. The molecule has 1 aromatic heterocycles. The minimum atomic E-state index is 0.810. The SMILES string of the molecule is CCCCCCOc1ccc(-c2ccc(CCc3ccc(CCCCCC)cn3)cc2)cc1. The van der Waals surface area contributed by atoms with E-state index in [1.165, 1.54) is 72.9 Å². The summed E-state index contributed by atoms with van der Waals surface area (Å²) < 4.78 is 5.87. The van der Waals surface area contributed by atoms with E-state index in [2.05, 4.69) is 85.7 Å². The molecule has 0 atom stereocenters. The van der Waals surface area contributed by atoms with Crippen molar-refractivity contribution in [1.29, 1.82) is 0 Å². The van der Waals surface area contributed by atoms with Crippen molar-refractivity contribution < 1.29 is 4.74 Å². The zero-order valence-corrected chi connectivity index (χ0v) is 20.7. The number of hydrogen-bond acceptors (Lipinski definition) is 2. The number of ether oxygens (including phenoxy) is 1. The predicted molar refractivity (Wildman–Crippen MR) is 141 cm³/mol. The lowest BCUT2D eigenvalue weighted by Crippen LogP contribution is -1.97. The molecule has 0 aliphatic carbocycles. The first-order valence-electron chi connectivity index (χ1n) is 13.0. The summed E-state index contributed by atoms with van der Waals surface area (Å²) in [5, 5.41) is 0. The van der Waals surface area contributed by atoms with Gasteiger partial charge in [0.25, 0.3) is 0 Å². The van der Waals surface area contributed by atoms with Gasteiger partial charge >= 0.3 is 0 Å². The van der Waals surface area contributed by atoms with Gasteiger partial charge in [-0.2, -0.15) is 0 Å². The molecule has 3 rings (SSSR count). The maximum Gasteiger partial charge on any atom is 0.119 e. The summed E-state index contributed by atoms with van der Waals surface area (Å²) in [6.45, 7) is 5.30. The van der Waals surface area contributed by atoms with Gasteiger partial charge in [0.1, 0.15) is 5.75 Å². The van der Waals surface area contributed by atoms with Crippen LogP contribution in [0.4, 0.5) is 0 Å². The van der Waals surface area contributed by atoms with Crippen LogP contribution in [-0.4, -0.2) is 11.6 Å². The van der Waals surface area contributed by atoms with E-state index in [-0.39, 0.29) is 0 Å². The third kappa shape index (κ3) is 9.04. The number of aryl methyl sites for hydroxylation is 3. The van der Waals surface area contributed by atoms with Crippen molar-refractivity contribution in [2.24, 2.45) is 0 Å². The highest BCUT2D eigenvalue weighted by Crippen LogP contribution is 2.23. The predicted octanol–water partition coefficient (Wildman–Crippen LogP) is 8.62. The second-order valence-corrected chi connectivity index (χ2v) is 9.10. The molecule has 3 aromatic rings. The molecule has 0 aliphatic rings. The highest BCUT2D eigenvalue weighted by Gasteiger charge is 2.02.